The van der Waals surface area contributed by atoms with Crippen LogP contribution in [0.2, 0.25) is 0 Å². The first-order valence-corrected chi connectivity index (χ1v) is 6.07. The van der Waals surface area contributed by atoms with E-state index in [1.165, 1.54) is 0 Å². The molecule has 2 aromatic rings. The molecule has 0 atom stereocenters. The first-order chi connectivity index (χ1) is 8.89. The molecular weight excluding hydrogens is 244 g/mol. The standard InChI is InChI=1S/C15H14O4/c1-8-9-4-5-11-10(6-7-15(2,3)19-11)13(9)18-12(8)14(16)17/h4-7H,1-3H3,(H,16,17). The molecule has 1 aromatic carbocycles. The average molecular weight is 258 g/mol. The zero-order valence-corrected chi connectivity index (χ0v) is 11.0. The number of hydrogen-bond acceptors (Lipinski definition) is 3. The molecule has 0 spiro atoms. The monoisotopic (exact) mass is 258 g/mol. The van der Waals surface area contributed by atoms with Gasteiger partial charge in [0.25, 0.3) is 0 Å². The Morgan fingerprint density at radius 3 is 2.74 bits per heavy atom. The summed E-state index contributed by atoms with van der Waals surface area (Å²) in [4.78, 5) is 11.1. The molecule has 0 unspecified atom stereocenters. The van der Waals surface area contributed by atoms with Gasteiger partial charge in [-0.15, -0.1) is 0 Å². The second kappa shape index (κ2) is 3.63. The number of aryl methyl sites for hydroxylation is 1. The van der Waals surface area contributed by atoms with Crippen molar-refractivity contribution in [2.45, 2.75) is 26.4 Å². The number of fused-ring (bicyclic) bond motifs is 3. The normalized spacial score (nSPS) is 16.2. The van der Waals surface area contributed by atoms with Crippen LogP contribution in [0.15, 0.2) is 22.6 Å². The van der Waals surface area contributed by atoms with Gasteiger partial charge in [0.15, 0.2) is 0 Å². The van der Waals surface area contributed by atoms with Crippen LogP contribution in [0, 0.1) is 6.92 Å². The van der Waals surface area contributed by atoms with Crippen LogP contribution in [-0.4, -0.2) is 16.7 Å². The van der Waals surface area contributed by atoms with E-state index >= 15 is 0 Å². The van der Waals surface area contributed by atoms with E-state index in [-0.39, 0.29) is 11.4 Å². The summed E-state index contributed by atoms with van der Waals surface area (Å²) in [5.74, 6) is -0.351. The molecule has 1 aromatic heterocycles. The number of carbonyl (C=O) groups is 1. The van der Waals surface area contributed by atoms with Crippen LogP contribution in [0.5, 0.6) is 5.75 Å². The zero-order chi connectivity index (χ0) is 13.8. The molecule has 0 saturated carbocycles. The van der Waals surface area contributed by atoms with E-state index in [9.17, 15) is 4.79 Å². The van der Waals surface area contributed by atoms with Gasteiger partial charge in [0, 0.05) is 10.9 Å². The van der Waals surface area contributed by atoms with Gasteiger partial charge in [0.2, 0.25) is 5.76 Å². The Bertz CT molecular complexity index is 719. The fourth-order valence-corrected chi connectivity index (χ4v) is 2.34. The Kier molecular flexibility index (Phi) is 2.26. The van der Waals surface area contributed by atoms with Gasteiger partial charge in [-0.05, 0) is 45.1 Å². The summed E-state index contributed by atoms with van der Waals surface area (Å²) < 4.78 is 11.3. The quantitative estimate of drug-likeness (QED) is 0.848. The maximum absolute atomic E-state index is 11.1. The fourth-order valence-electron chi connectivity index (χ4n) is 2.34. The summed E-state index contributed by atoms with van der Waals surface area (Å²) in [6, 6.07) is 3.70. The molecule has 0 fully saturated rings. The number of ether oxygens (including phenoxy) is 1. The van der Waals surface area contributed by atoms with Gasteiger partial charge < -0.3 is 14.3 Å². The number of carboxylic acids is 1. The Hall–Kier alpha value is -2.23. The first-order valence-electron chi connectivity index (χ1n) is 6.07. The van der Waals surface area contributed by atoms with Crippen LogP contribution in [0.4, 0.5) is 0 Å². The van der Waals surface area contributed by atoms with Crippen molar-refractivity contribution in [1.29, 1.82) is 0 Å². The van der Waals surface area contributed by atoms with E-state index in [0.717, 1.165) is 10.9 Å². The summed E-state index contributed by atoms with van der Waals surface area (Å²) in [6.45, 7) is 5.68. The highest BCUT2D eigenvalue weighted by atomic mass is 16.5. The molecule has 4 heteroatoms. The molecule has 1 aliphatic heterocycles. The number of furan rings is 1. The molecule has 0 bridgehead atoms. The van der Waals surface area contributed by atoms with E-state index in [0.29, 0.717) is 16.9 Å². The SMILES string of the molecule is Cc1c(C(=O)O)oc2c3c(ccc12)OC(C)(C)C=C3. The molecule has 98 valence electrons. The molecule has 0 saturated heterocycles. The van der Waals surface area contributed by atoms with Crippen LogP contribution in [0.1, 0.15) is 35.5 Å². The van der Waals surface area contributed by atoms with Crippen molar-refractivity contribution in [1.82, 2.24) is 0 Å². The molecule has 1 aliphatic rings. The van der Waals surface area contributed by atoms with Gasteiger partial charge in [-0.1, -0.05) is 0 Å². The zero-order valence-electron chi connectivity index (χ0n) is 11.0. The predicted octanol–water partition coefficient (Wildman–Crippen LogP) is 3.62. The van der Waals surface area contributed by atoms with Crippen LogP contribution < -0.4 is 4.74 Å². The topological polar surface area (TPSA) is 59.7 Å². The van der Waals surface area contributed by atoms with Crippen molar-refractivity contribution >= 4 is 23.0 Å². The minimum absolute atomic E-state index is 0.0124. The van der Waals surface area contributed by atoms with Gasteiger partial charge >= 0.3 is 5.97 Å². The van der Waals surface area contributed by atoms with E-state index in [2.05, 4.69) is 0 Å². The van der Waals surface area contributed by atoms with Crippen LogP contribution >= 0.6 is 0 Å². The van der Waals surface area contributed by atoms with Gasteiger partial charge in [-0.3, -0.25) is 0 Å². The molecule has 0 radical (unpaired) electrons. The van der Waals surface area contributed by atoms with E-state index in [1.807, 2.05) is 38.1 Å². The molecule has 1 N–H and O–H groups in total. The van der Waals surface area contributed by atoms with Crippen LogP contribution in [-0.2, 0) is 0 Å². The van der Waals surface area contributed by atoms with Crippen molar-refractivity contribution in [2.75, 3.05) is 0 Å². The van der Waals surface area contributed by atoms with E-state index in [1.54, 1.807) is 6.92 Å². The Morgan fingerprint density at radius 1 is 1.32 bits per heavy atom. The Morgan fingerprint density at radius 2 is 2.05 bits per heavy atom. The third kappa shape index (κ3) is 1.71. The Labute approximate surface area is 110 Å². The van der Waals surface area contributed by atoms with Crippen LogP contribution in [0.25, 0.3) is 17.0 Å². The number of carboxylic acid groups (broad SMARTS) is 1. The average Bonchev–Trinajstić information content (AvgIpc) is 2.65. The lowest BCUT2D eigenvalue weighted by Gasteiger charge is -2.27. The lowest BCUT2D eigenvalue weighted by atomic mass is 10.0. The summed E-state index contributed by atoms with van der Waals surface area (Å²) in [5.41, 5.74) is 1.65. The highest BCUT2D eigenvalue weighted by Crippen LogP contribution is 2.38. The van der Waals surface area contributed by atoms with Crippen molar-refractivity contribution in [3.05, 3.63) is 35.1 Å². The predicted molar refractivity (Wildman–Crippen MR) is 71.7 cm³/mol. The lowest BCUT2D eigenvalue weighted by Crippen LogP contribution is -2.27. The maximum Gasteiger partial charge on any atom is 0.372 e. The number of benzene rings is 1. The first kappa shape index (κ1) is 11.8. The minimum Gasteiger partial charge on any atom is -0.483 e. The molecule has 0 aliphatic carbocycles. The fraction of sp³-hybridized carbons (Fsp3) is 0.267. The van der Waals surface area contributed by atoms with Gasteiger partial charge in [0.1, 0.15) is 16.9 Å². The molecule has 3 rings (SSSR count). The summed E-state index contributed by atoms with van der Waals surface area (Å²) in [7, 11) is 0. The van der Waals surface area contributed by atoms with Gasteiger partial charge in [-0.25, -0.2) is 4.79 Å². The molecule has 0 amide bonds. The maximum atomic E-state index is 11.1. The molecule has 4 nitrogen and oxygen atoms in total. The highest BCUT2D eigenvalue weighted by Gasteiger charge is 2.26. The second-order valence-corrected chi connectivity index (χ2v) is 5.25. The van der Waals surface area contributed by atoms with Gasteiger partial charge in [-0.2, -0.15) is 0 Å². The third-order valence-corrected chi connectivity index (χ3v) is 3.32. The van der Waals surface area contributed by atoms with Crippen molar-refractivity contribution in [3.8, 4) is 5.75 Å². The molecule has 2 heterocycles. The summed E-state index contributed by atoms with van der Waals surface area (Å²) >= 11 is 0. The number of hydrogen-bond donors (Lipinski definition) is 1. The van der Waals surface area contributed by atoms with Crippen LogP contribution in [0.3, 0.4) is 0 Å². The van der Waals surface area contributed by atoms with E-state index in [4.69, 9.17) is 14.3 Å². The number of rotatable bonds is 1. The van der Waals surface area contributed by atoms with Crippen molar-refractivity contribution in [3.63, 3.8) is 0 Å². The van der Waals surface area contributed by atoms with Crippen molar-refractivity contribution < 1.29 is 19.1 Å². The third-order valence-electron chi connectivity index (χ3n) is 3.32. The number of aromatic carboxylic acids is 1. The largest absolute Gasteiger partial charge is 0.483 e. The smallest absolute Gasteiger partial charge is 0.372 e. The lowest BCUT2D eigenvalue weighted by molar-refractivity contribution is 0.0663. The molecule has 19 heavy (non-hydrogen) atoms. The van der Waals surface area contributed by atoms with E-state index < -0.39 is 5.97 Å². The van der Waals surface area contributed by atoms with Gasteiger partial charge in [0.05, 0.1) is 5.56 Å². The summed E-state index contributed by atoms with van der Waals surface area (Å²) in [6.07, 6.45) is 3.86. The second-order valence-electron chi connectivity index (χ2n) is 5.25. The molecular formula is C15H14O4. The highest BCUT2D eigenvalue weighted by molar-refractivity contribution is 5.98. The van der Waals surface area contributed by atoms with Crippen molar-refractivity contribution in [2.24, 2.45) is 0 Å². The minimum atomic E-state index is -1.05. The summed E-state index contributed by atoms with van der Waals surface area (Å²) in [5, 5.41) is 9.92. The Balaban J connectivity index is 2.30.